The van der Waals surface area contributed by atoms with E-state index in [2.05, 4.69) is 5.43 Å². The second kappa shape index (κ2) is 8.60. The Hall–Kier alpha value is -3.95. The van der Waals surface area contributed by atoms with E-state index in [1.54, 1.807) is 31.2 Å². The fraction of sp³-hybridized carbons (Fsp3) is 0.250. The number of hydrogen-bond donors (Lipinski definition) is 1. The average molecular weight is 413 g/mol. The molecule has 156 valence electrons. The molecule has 0 saturated carbocycles. The molecule has 10 heteroatoms. The number of carbonyl (C=O) groups is 3. The number of ether oxygens (including phenoxy) is 2. The van der Waals surface area contributed by atoms with Crippen molar-refractivity contribution >= 4 is 23.7 Å². The lowest BCUT2D eigenvalue weighted by atomic mass is 10.0. The van der Waals surface area contributed by atoms with Crippen molar-refractivity contribution in [1.29, 1.82) is 0 Å². The molecule has 10 nitrogen and oxygen atoms in total. The molecule has 1 saturated heterocycles. The minimum Gasteiger partial charge on any atom is -0.464 e. The fourth-order valence-electron chi connectivity index (χ4n) is 2.97. The first kappa shape index (κ1) is 20.8. The number of aryl methyl sites for hydroxylation is 1. The zero-order chi connectivity index (χ0) is 21.8. The largest absolute Gasteiger partial charge is 0.464 e. The van der Waals surface area contributed by atoms with E-state index in [1.165, 1.54) is 24.3 Å². The Labute approximate surface area is 171 Å². The van der Waals surface area contributed by atoms with Crippen LogP contribution in [0, 0.1) is 17.0 Å². The first-order valence-electron chi connectivity index (χ1n) is 9.10. The highest BCUT2D eigenvalue weighted by Crippen LogP contribution is 2.33. The maximum Gasteiger partial charge on any atom is 0.430 e. The molecule has 1 aliphatic heterocycles. The normalized spacial score (nSPS) is 17.9. The summed E-state index contributed by atoms with van der Waals surface area (Å²) in [5.74, 6) is -1.39. The summed E-state index contributed by atoms with van der Waals surface area (Å²) in [5.41, 5.74) is 3.83. The number of nitro groups is 1. The van der Waals surface area contributed by atoms with Crippen LogP contribution in [0.3, 0.4) is 0 Å². The Balaban J connectivity index is 1.88. The van der Waals surface area contributed by atoms with Gasteiger partial charge in [-0.2, -0.15) is 5.01 Å². The van der Waals surface area contributed by atoms with E-state index in [1.807, 2.05) is 6.92 Å². The van der Waals surface area contributed by atoms with Crippen LogP contribution in [0.2, 0.25) is 0 Å². The molecule has 0 aromatic heterocycles. The van der Waals surface area contributed by atoms with Gasteiger partial charge in [-0.15, -0.1) is 0 Å². The lowest BCUT2D eigenvalue weighted by Gasteiger charge is -2.23. The van der Waals surface area contributed by atoms with Gasteiger partial charge in [0.15, 0.2) is 12.1 Å². The molecule has 30 heavy (non-hydrogen) atoms. The van der Waals surface area contributed by atoms with Gasteiger partial charge in [0, 0.05) is 17.7 Å². The van der Waals surface area contributed by atoms with Crippen molar-refractivity contribution in [2.24, 2.45) is 0 Å². The number of nitrogens with zero attached hydrogens (tertiary/aromatic N) is 2. The van der Waals surface area contributed by atoms with Crippen molar-refractivity contribution < 1.29 is 28.8 Å². The smallest absolute Gasteiger partial charge is 0.430 e. The first-order valence-corrected chi connectivity index (χ1v) is 9.10. The highest BCUT2D eigenvalue weighted by atomic mass is 16.6. The van der Waals surface area contributed by atoms with Crippen molar-refractivity contribution in [2.45, 2.75) is 26.0 Å². The predicted molar refractivity (Wildman–Crippen MR) is 103 cm³/mol. The van der Waals surface area contributed by atoms with Gasteiger partial charge in [-0.25, -0.2) is 9.59 Å². The molecule has 3 rings (SSSR count). The second-order valence-electron chi connectivity index (χ2n) is 6.53. The Morgan fingerprint density at radius 3 is 2.37 bits per heavy atom. The quantitative estimate of drug-likeness (QED) is 0.438. The molecule has 0 bridgehead atoms. The molecule has 2 aromatic carbocycles. The van der Waals surface area contributed by atoms with Crippen molar-refractivity contribution in [3.05, 3.63) is 75.3 Å². The number of nitro benzene ring substituents is 1. The number of esters is 1. The minimum absolute atomic E-state index is 0.0518. The highest BCUT2D eigenvalue weighted by molar-refractivity contribution is 5.96. The van der Waals surface area contributed by atoms with E-state index >= 15 is 0 Å². The molecule has 2 aromatic rings. The van der Waals surface area contributed by atoms with E-state index in [4.69, 9.17) is 9.47 Å². The van der Waals surface area contributed by atoms with Crippen molar-refractivity contribution in [3.63, 3.8) is 0 Å². The summed E-state index contributed by atoms with van der Waals surface area (Å²) < 4.78 is 10.3. The van der Waals surface area contributed by atoms with Gasteiger partial charge in [0.1, 0.15) is 0 Å². The van der Waals surface area contributed by atoms with Crippen LogP contribution >= 0.6 is 0 Å². The molecular weight excluding hydrogens is 394 g/mol. The van der Waals surface area contributed by atoms with Crippen LogP contribution in [0.25, 0.3) is 0 Å². The average Bonchev–Trinajstić information content (AvgIpc) is 3.05. The van der Waals surface area contributed by atoms with Gasteiger partial charge in [-0.05, 0) is 43.7 Å². The van der Waals surface area contributed by atoms with Gasteiger partial charge < -0.3 is 9.47 Å². The van der Waals surface area contributed by atoms with Gasteiger partial charge in [0.25, 0.3) is 11.6 Å². The van der Waals surface area contributed by atoms with E-state index in [0.717, 1.165) is 10.6 Å². The summed E-state index contributed by atoms with van der Waals surface area (Å²) in [6.45, 7) is 3.52. The number of amides is 2. The molecular formula is C20H19N3O7. The number of non-ortho nitro benzene ring substituents is 1. The third-order valence-corrected chi connectivity index (χ3v) is 4.49. The summed E-state index contributed by atoms with van der Waals surface area (Å²) in [5, 5.41) is 11.6. The number of benzene rings is 2. The summed E-state index contributed by atoms with van der Waals surface area (Å²) >= 11 is 0. The summed E-state index contributed by atoms with van der Waals surface area (Å²) in [4.78, 5) is 47.9. The van der Waals surface area contributed by atoms with Gasteiger partial charge in [-0.1, -0.05) is 17.7 Å². The molecule has 0 spiro atoms. The predicted octanol–water partition coefficient (Wildman–Crippen LogP) is 2.67. The van der Waals surface area contributed by atoms with Gasteiger partial charge in [-0.3, -0.25) is 20.3 Å². The SMILES string of the molecule is CCOC(=O)[C@@H]1[C@@H](c2ccc([N+](=O)[O-])cc2)OC(=O)N1NC(=O)c1ccc(C)cc1. The van der Waals surface area contributed by atoms with E-state index in [-0.39, 0.29) is 17.9 Å². The van der Waals surface area contributed by atoms with Crippen LogP contribution in [-0.2, 0) is 14.3 Å². The number of nitrogens with one attached hydrogen (secondary N) is 1. The van der Waals surface area contributed by atoms with Crippen LogP contribution < -0.4 is 5.43 Å². The number of hydrazine groups is 1. The highest BCUT2D eigenvalue weighted by Gasteiger charge is 2.49. The second-order valence-corrected chi connectivity index (χ2v) is 6.53. The molecule has 1 N–H and O–H groups in total. The molecule has 2 atom stereocenters. The molecule has 0 radical (unpaired) electrons. The maximum absolute atomic E-state index is 12.6. The molecule has 1 fully saturated rings. The monoisotopic (exact) mass is 413 g/mol. The Morgan fingerprint density at radius 1 is 1.17 bits per heavy atom. The summed E-state index contributed by atoms with van der Waals surface area (Å²) in [7, 11) is 0. The third kappa shape index (κ3) is 4.22. The van der Waals surface area contributed by atoms with E-state index in [9.17, 15) is 24.5 Å². The van der Waals surface area contributed by atoms with Crippen LogP contribution in [0.5, 0.6) is 0 Å². The lowest BCUT2D eigenvalue weighted by Crippen LogP contribution is -2.51. The van der Waals surface area contributed by atoms with Gasteiger partial charge in [0.05, 0.1) is 11.5 Å². The van der Waals surface area contributed by atoms with Crippen LogP contribution in [0.4, 0.5) is 10.5 Å². The Bertz CT molecular complexity index is 973. The van der Waals surface area contributed by atoms with Gasteiger partial charge in [0.2, 0.25) is 0 Å². The zero-order valence-electron chi connectivity index (χ0n) is 16.2. The number of cyclic esters (lactones) is 1. The molecule has 0 unspecified atom stereocenters. The lowest BCUT2D eigenvalue weighted by molar-refractivity contribution is -0.384. The zero-order valence-corrected chi connectivity index (χ0v) is 16.2. The topological polar surface area (TPSA) is 128 Å². The van der Waals surface area contributed by atoms with Gasteiger partial charge >= 0.3 is 12.1 Å². The minimum atomic E-state index is -1.30. The molecule has 0 aliphatic carbocycles. The standard InChI is InChI=1S/C20H19N3O7/c1-3-29-19(25)16-17(13-8-10-15(11-9-13)23(27)28)30-20(26)22(16)21-18(24)14-6-4-12(2)5-7-14/h4-11,16-17H,3H2,1-2H3,(H,21,24)/t16-,17+/m0/s1. The maximum atomic E-state index is 12.6. The van der Waals surface area contributed by atoms with Crippen molar-refractivity contribution in [3.8, 4) is 0 Å². The van der Waals surface area contributed by atoms with Crippen LogP contribution in [0.15, 0.2) is 48.5 Å². The number of rotatable bonds is 6. The molecule has 1 aliphatic rings. The Kier molecular flexibility index (Phi) is 5.95. The Morgan fingerprint density at radius 2 is 1.80 bits per heavy atom. The summed E-state index contributed by atoms with van der Waals surface area (Å²) in [6.07, 6.45) is -2.06. The van der Waals surface area contributed by atoms with E-state index in [0.29, 0.717) is 5.56 Å². The van der Waals surface area contributed by atoms with E-state index < -0.39 is 35.0 Å². The van der Waals surface area contributed by atoms with Crippen molar-refractivity contribution in [1.82, 2.24) is 10.4 Å². The number of hydrogen-bond acceptors (Lipinski definition) is 7. The number of carbonyl (C=O) groups excluding carboxylic acids is 3. The first-order chi connectivity index (χ1) is 14.3. The molecule has 1 heterocycles. The fourth-order valence-corrected chi connectivity index (χ4v) is 2.97. The third-order valence-electron chi connectivity index (χ3n) is 4.49. The van der Waals surface area contributed by atoms with Crippen LogP contribution in [-0.4, -0.2) is 40.6 Å². The van der Waals surface area contributed by atoms with Crippen LogP contribution in [0.1, 0.15) is 34.5 Å². The summed E-state index contributed by atoms with van der Waals surface area (Å²) in [6, 6.07) is 10.6. The molecule has 2 amide bonds. The van der Waals surface area contributed by atoms with Crippen molar-refractivity contribution in [2.75, 3.05) is 6.61 Å².